The van der Waals surface area contributed by atoms with Gasteiger partial charge in [-0.1, -0.05) is 43.0 Å². The molecule has 1 fully saturated rings. The van der Waals surface area contributed by atoms with Crippen molar-refractivity contribution in [3.63, 3.8) is 0 Å². The molecule has 0 spiro atoms. The predicted molar refractivity (Wildman–Crippen MR) is 91.4 cm³/mol. The normalized spacial score (nSPS) is 20.1. The van der Waals surface area contributed by atoms with Crippen LogP contribution in [-0.4, -0.2) is 42.4 Å². The van der Waals surface area contributed by atoms with Crippen LogP contribution in [0.5, 0.6) is 0 Å². The Morgan fingerprint density at radius 1 is 1.09 bits per heavy atom. The molecule has 1 aromatic carbocycles. The molecule has 1 N–H and O–H groups in total. The number of likely N-dealkylation sites (tertiary alicyclic amines) is 1. The molecule has 1 saturated heterocycles. The Hall–Kier alpha value is -0.610. The van der Waals surface area contributed by atoms with E-state index in [1.54, 1.807) is 0 Å². The van der Waals surface area contributed by atoms with Crippen molar-refractivity contribution in [3.05, 3.63) is 34.9 Å². The van der Waals surface area contributed by atoms with Gasteiger partial charge in [0.05, 0.1) is 18.8 Å². The third kappa shape index (κ3) is 6.25. The van der Waals surface area contributed by atoms with E-state index in [0.717, 1.165) is 23.7 Å². The molecule has 0 bridgehead atoms. The lowest BCUT2D eigenvalue weighted by molar-refractivity contribution is -0.0164. The highest BCUT2D eigenvalue weighted by atomic mass is 35.5. The zero-order valence-electron chi connectivity index (χ0n) is 13.5. The molecule has 1 aromatic rings. The van der Waals surface area contributed by atoms with Crippen LogP contribution in [0.3, 0.4) is 0 Å². The molecule has 1 heterocycles. The Morgan fingerprint density at radius 3 is 2.32 bits per heavy atom. The van der Waals surface area contributed by atoms with Crippen LogP contribution in [0.25, 0.3) is 0 Å². The molecule has 1 aliphatic heterocycles. The van der Waals surface area contributed by atoms with Crippen LogP contribution in [0.15, 0.2) is 24.3 Å². The quantitative estimate of drug-likeness (QED) is 0.856. The summed E-state index contributed by atoms with van der Waals surface area (Å²) in [5.41, 5.74) is 1.09. The second-order valence-electron chi connectivity index (χ2n) is 6.25. The summed E-state index contributed by atoms with van der Waals surface area (Å²) in [6.07, 6.45) is 6.03. The van der Waals surface area contributed by atoms with Crippen molar-refractivity contribution in [3.8, 4) is 0 Å². The topological polar surface area (TPSA) is 32.7 Å². The zero-order chi connectivity index (χ0) is 15.8. The van der Waals surface area contributed by atoms with Crippen LogP contribution in [0.2, 0.25) is 5.02 Å². The first-order chi connectivity index (χ1) is 10.6. The Labute approximate surface area is 139 Å². The summed E-state index contributed by atoms with van der Waals surface area (Å²) in [5.74, 6) is 0. The Bertz CT molecular complexity index is 416. The van der Waals surface area contributed by atoms with Gasteiger partial charge < -0.3 is 14.7 Å². The van der Waals surface area contributed by atoms with E-state index in [-0.39, 0.29) is 6.10 Å². The van der Waals surface area contributed by atoms with Crippen LogP contribution < -0.4 is 0 Å². The summed E-state index contributed by atoms with van der Waals surface area (Å²) in [6, 6.07) is 7.68. The van der Waals surface area contributed by atoms with E-state index < -0.39 is 6.10 Å². The third-order valence-corrected chi connectivity index (χ3v) is 4.55. The molecule has 124 valence electrons. The lowest BCUT2D eigenvalue weighted by atomic mass is 10.1. The average molecular weight is 326 g/mol. The average Bonchev–Trinajstić information content (AvgIpc) is 2.48. The fraction of sp³-hybridized carbons (Fsp3) is 0.667. The lowest BCUT2D eigenvalue weighted by Gasteiger charge is -2.27. The summed E-state index contributed by atoms with van der Waals surface area (Å²) in [6.45, 7) is 5.30. The van der Waals surface area contributed by atoms with Gasteiger partial charge in [-0.3, -0.25) is 0 Å². The highest BCUT2D eigenvalue weighted by Crippen LogP contribution is 2.19. The van der Waals surface area contributed by atoms with E-state index in [9.17, 15) is 5.11 Å². The van der Waals surface area contributed by atoms with Gasteiger partial charge in [-0.2, -0.15) is 0 Å². The van der Waals surface area contributed by atoms with Crippen LogP contribution in [0, 0.1) is 0 Å². The second kappa shape index (κ2) is 9.51. The minimum atomic E-state index is -0.422. The summed E-state index contributed by atoms with van der Waals surface area (Å²) in [4.78, 5) is 2.38. The van der Waals surface area contributed by atoms with E-state index in [2.05, 4.69) is 4.90 Å². The minimum absolute atomic E-state index is 0.0285. The molecule has 0 amide bonds. The van der Waals surface area contributed by atoms with Crippen molar-refractivity contribution in [2.24, 2.45) is 0 Å². The van der Waals surface area contributed by atoms with Gasteiger partial charge in [0.25, 0.3) is 0 Å². The number of halogens is 1. The van der Waals surface area contributed by atoms with Gasteiger partial charge in [-0.25, -0.2) is 0 Å². The van der Waals surface area contributed by atoms with E-state index in [1.807, 2.05) is 31.2 Å². The maximum Gasteiger partial charge on any atom is 0.0900 e. The predicted octanol–water partition coefficient (Wildman–Crippen LogP) is 4.04. The number of aliphatic hydroxyl groups is 1. The van der Waals surface area contributed by atoms with Gasteiger partial charge in [-0.05, 0) is 50.6 Å². The van der Waals surface area contributed by atoms with Gasteiger partial charge in [0.2, 0.25) is 0 Å². The molecule has 0 aliphatic carbocycles. The number of nitrogens with zero attached hydrogens (tertiary/aromatic N) is 1. The molecular formula is C18H28ClNO2. The van der Waals surface area contributed by atoms with E-state index in [4.69, 9.17) is 16.3 Å². The monoisotopic (exact) mass is 325 g/mol. The van der Waals surface area contributed by atoms with Crippen molar-refractivity contribution in [2.75, 3.05) is 26.2 Å². The van der Waals surface area contributed by atoms with Gasteiger partial charge in [0.15, 0.2) is 0 Å². The first-order valence-corrected chi connectivity index (χ1v) is 8.80. The number of hydrogen-bond donors (Lipinski definition) is 1. The Kier molecular flexibility index (Phi) is 7.67. The smallest absolute Gasteiger partial charge is 0.0900 e. The molecule has 0 unspecified atom stereocenters. The number of β-amino-alcohol motifs (C(OH)–C–C–N with tert-alkyl or cyclic N) is 1. The van der Waals surface area contributed by atoms with Crippen molar-refractivity contribution in [1.29, 1.82) is 0 Å². The van der Waals surface area contributed by atoms with E-state index in [0.29, 0.717) is 13.2 Å². The van der Waals surface area contributed by atoms with Crippen LogP contribution in [0.4, 0.5) is 0 Å². The number of aliphatic hydroxyl groups excluding tert-OH is 1. The van der Waals surface area contributed by atoms with Crippen molar-refractivity contribution in [1.82, 2.24) is 4.90 Å². The number of rotatable bonds is 6. The molecule has 2 atom stereocenters. The van der Waals surface area contributed by atoms with Crippen molar-refractivity contribution >= 4 is 11.6 Å². The maximum atomic E-state index is 10.2. The standard InChI is InChI=1S/C18H28ClNO2/c1-15(16-7-9-17(19)10-8-16)22-14-18(21)13-20-11-5-3-2-4-6-12-20/h7-10,15,18,21H,2-6,11-14H2,1H3/t15-,18-/m1/s1. The van der Waals surface area contributed by atoms with Crippen LogP contribution >= 0.6 is 11.6 Å². The minimum Gasteiger partial charge on any atom is -0.389 e. The van der Waals surface area contributed by atoms with Gasteiger partial charge in [0, 0.05) is 11.6 Å². The molecule has 0 aromatic heterocycles. The van der Waals surface area contributed by atoms with E-state index >= 15 is 0 Å². The first kappa shape index (κ1) is 17.7. The van der Waals surface area contributed by atoms with Crippen molar-refractivity contribution in [2.45, 2.75) is 51.2 Å². The summed E-state index contributed by atoms with van der Waals surface area (Å²) in [7, 11) is 0. The number of benzene rings is 1. The Morgan fingerprint density at radius 2 is 1.68 bits per heavy atom. The molecule has 22 heavy (non-hydrogen) atoms. The molecule has 3 nitrogen and oxygen atoms in total. The summed E-state index contributed by atoms with van der Waals surface area (Å²) in [5, 5.41) is 10.9. The SMILES string of the molecule is C[C@@H](OC[C@H](O)CN1CCCCCCC1)c1ccc(Cl)cc1. The van der Waals surface area contributed by atoms with Crippen LogP contribution in [-0.2, 0) is 4.74 Å². The fourth-order valence-corrected chi connectivity index (χ4v) is 3.06. The van der Waals surface area contributed by atoms with Crippen LogP contribution in [0.1, 0.15) is 50.7 Å². The highest BCUT2D eigenvalue weighted by Gasteiger charge is 2.15. The molecule has 4 heteroatoms. The third-order valence-electron chi connectivity index (χ3n) is 4.30. The fourth-order valence-electron chi connectivity index (χ4n) is 2.93. The first-order valence-electron chi connectivity index (χ1n) is 8.42. The largest absolute Gasteiger partial charge is 0.389 e. The maximum absolute atomic E-state index is 10.2. The highest BCUT2D eigenvalue weighted by molar-refractivity contribution is 6.30. The molecule has 2 rings (SSSR count). The number of hydrogen-bond acceptors (Lipinski definition) is 3. The number of ether oxygens (including phenoxy) is 1. The second-order valence-corrected chi connectivity index (χ2v) is 6.69. The Balaban J connectivity index is 1.71. The zero-order valence-corrected chi connectivity index (χ0v) is 14.3. The van der Waals surface area contributed by atoms with Gasteiger partial charge in [0.1, 0.15) is 0 Å². The van der Waals surface area contributed by atoms with Crippen molar-refractivity contribution < 1.29 is 9.84 Å². The summed E-state index contributed by atoms with van der Waals surface area (Å²) >= 11 is 5.89. The van der Waals surface area contributed by atoms with Gasteiger partial charge >= 0.3 is 0 Å². The molecule has 0 saturated carbocycles. The molecular weight excluding hydrogens is 298 g/mol. The molecule has 0 radical (unpaired) electrons. The van der Waals surface area contributed by atoms with E-state index in [1.165, 1.54) is 32.1 Å². The summed E-state index contributed by atoms with van der Waals surface area (Å²) < 4.78 is 5.81. The lowest BCUT2D eigenvalue weighted by Crippen LogP contribution is -2.37. The molecule has 1 aliphatic rings. The van der Waals surface area contributed by atoms with Gasteiger partial charge in [-0.15, -0.1) is 0 Å².